The molecule has 4 atom stereocenters. The average molecular weight is 332 g/mol. The van der Waals surface area contributed by atoms with Crippen LogP contribution in [0.5, 0.6) is 0 Å². The third-order valence-corrected chi connectivity index (χ3v) is 4.18. The highest BCUT2D eigenvalue weighted by Gasteiger charge is 2.43. The highest BCUT2D eigenvalue weighted by Crippen LogP contribution is 2.34. The topological polar surface area (TPSA) is 140 Å². The predicted molar refractivity (Wildman–Crippen MR) is 82.7 cm³/mol. The Hall–Kier alpha value is -2.46. The summed E-state index contributed by atoms with van der Waals surface area (Å²) in [5.41, 5.74) is 7.60. The van der Waals surface area contributed by atoms with E-state index in [4.69, 9.17) is 14.9 Å². The minimum absolute atomic E-state index is 0.0605. The molecule has 1 aliphatic rings. The molecule has 0 bridgehead atoms. The lowest BCUT2D eigenvalue weighted by atomic mass is 10.1. The molecule has 4 heterocycles. The van der Waals surface area contributed by atoms with E-state index < -0.39 is 31.1 Å². The Balaban J connectivity index is 1.84. The normalized spacial score (nSPS) is 27.1. The van der Waals surface area contributed by atoms with Gasteiger partial charge in [0.25, 0.3) is 0 Å². The van der Waals surface area contributed by atoms with E-state index in [-0.39, 0.29) is 5.95 Å². The van der Waals surface area contributed by atoms with Gasteiger partial charge in [-0.2, -0.15) is 4.98 Å². The van der Waals surface area contributed by atoms with Crippen molar-refractivity contribution in [1.29, 1.82) is 0 Å². The first kappa shape index (κ1) is 15.1. The second kappa shape index (κ2) is 5.56. The van der Waals surface area contributed by atoms with Gasteiger partial charge in [0.1, 0.15) is 24.0 Å². The van der Waals surface area contributed by atoms with Gasteiger partial charge in [0, 0.05) is 17.1 Å². The number of aliphatic hydroxyl groups excluding tert-OH is 3. The molecule has 1 fully saturated rings. The van der Waals surface area contributed by atoms with E-state index in [1.54, 1.807) is 29.2 Å². The first-order chi connectivity index (χ1) is 11.6. The minimum Gasteiger partial charge on any atom is -0.472 e. The number of anilines is 1. The summed E-state index contributed by atoms with van der Waals surface area (Å²) in [6.45, 7) is -0.397. The van der Waals surface area contributed by atoms with Crippen molar-refractivity contribution < 1.29 is 24.5 Å². The third kappa shape index (κ3) is 2.18. The van der Waals surface area contributed by atoms with Crippen LogP contribution in [0, 0.1) is 0 Å². The monoisotopic (exact) mass is 332 g/mol. The lowest BCUT2D eigenvalue weighted by molar-refractivity contribution is -0.0508. The average Bonchev–Trinajstić information content (AvgIpc) is 3.28. The molecule has 0 aromatic carbocycles. The molecule has 1 aliphatic heterocycles. The lowest BCUT2D eigenvalue weighted by Gasteiger charge is -2.17. The Morgan fingerprint density at radius 2 is 2.04 bits per heavy atom. The van der Waals surface area contributed by atoms with Crippen molar-refractivity contribution in [3.8, 4) is 11.3 Å². The van der Waals surface area contributed by atoms with Gasteiger partial charge < -0.3 is 34.8 Å². The molecule has 4 rings (SSSR count). The second-order valence-corrected chi connectivity index (χ2v) is 5.63. The summed E-state index contributed by atoms with van der Waals surface area (Å²) in [4.78, 5) is 8.47. The van der Waals surface area contributed by atoms with Crippen LogP contribution in [0.2, 0.25) is 0 Å². The van der Waals surface area contributed by atoms with Crippen molar-refractivity contribution in [3.63, 3.8) is 0 Å². The van der Waals surface area contributed by atoms with E-state index in [0.717, 1.165) is 5.56 Å². The Morgan fingerprint density at radius 1 is 1.21 bits per heavy atom. The summed E-state index contributed by atoms with van der Waals surface area (Å²) >= 11 is 0. The number of hydrogen-bond acceptors (Lipinski definition) is 8. The van der Waals surface area contributed by atoms with E-state index in [9.17, 15) is 15.3 Å². The van der Waals surface area contributed by atoms with Gasteiger partial charge in [-0.15, -0.1) is 0 Å². The number of aliphatic hydroxyl groups is 3. The fraction of sp³-hybridized carbons (Fsp3) is 0.333. The smallest absolute Gasteiger partial charge is 0.222 e. The molecule has 1 saturated heterocycles. The van der Waals surface area contributed by atoms with Crippen LogP contribution in [0.1, 0.15) is 6.23 Å². The van der Waals surface area contributed by atoms with Crippen molar-refractivity contribution >= 4 is 17.0 Å². The van der Waals surface area contributed by atoms with E-state index in [0.29, 0.717) is 16.7 Å². The van der Waals surface area contributed by atoms with Crippen LogP contribution in [-0.4, -0.2) is 54.8 Å². The molecule has 0 spiro atoms. The van der Waals surface area contributed by atoms with Gasteiger partial charge in [-0.3, -0.25) is 0 Å². The van der Waals surface area contributed by atoms with Crippen LogP contribution in [-0.2, 0) is 4.74 Å². The summed E-state index contributed by atoms with van der Waals surface area (Å²) in [5, 5.41) is 30.1. The van der Waals surface area contributed by atoms with Gasteiger partial charge in [0.05, 0.1) is 24.8 Å². The number of fused-ring (bicyclic) bond motifs is 1. The number of nitrogen functional groups attached to an aromatic ring is 1. The summed E-state index contributed by atoms with van der Waals surface area (Å²) in [5.74, 6) is 0.0605. The molecule has 126 valence electrons. The number of nitrogens with two attached hydrogens (primary N) is 1. The fourth-order valence-electron chi connectivity index (χ4n) is 2.98. The number of nitrogens with zero attached hydrogens (tertiary/aromatic N) is 3. The summed E-state index contributed by atoms with van der Waals surface area (Å²) in [6, 6.07) is 3.52. The highest BCUT2D eigenvalue weighted by molar-refractivity contribution is 5.91. The van der Waals surface area contributed by atoms with Crippen LogP contribution in [0.3, 0.4) is 0 Å². The summed E-state index contributed by atoms with van der Waals surface area (Å²) in [6.07, 6.45) is 0.600. The zero-order valence-corrected chi connectivity index (χ0v) is 12.5. The highest BCUT2D eigenvalue weighted by atomic mass is 16.6. The molecule has 5 N–H and O–H groups in total. The maximum Gasteiger partial charge on any atom is 0.222 e. The van der Waals surface area contributed by atoms with Gasteiger partial charge in [-0.25, -0.2) is 4.98 Å². The van der Waals surface area contributed by atoms with Crippen molar-refractivity contribution in [3.05, 3.63) is 30.9 Å². The van der Waals surface area contributed by atoms with Gasteiger partial charge in [0.2, 0.25) is 5.95 Å². The van der Waals surface area contributed by atoms with E-state index >= 15 is 0 Å². The van der Waals surface area contributed by atoms with Crippen molar-refractivity contribution in [2.45, 2.75) is 24.5 Å². The number of hydrogen-bond donors (Lipinski definition) is 4. The molecule has 0 saturated carbocycles. The standard InChI is InChI=1S/C15H16N4O5/c16-15-17-10(7-2-4-23-6-7)8-1-3-19(13(8)18-15)14-12(22)11(21)9(5-20)24-14/h1-4,6,9,11-12,14,20-22H,5H2,(H2,16,17,18)/t9-,11?,12?,14-/m1/s1. The second-order valence-electron chi connectivity index (χ2n) is 5.63. The van der Waals surface area contributed by atoms with Crippen LogP contribution in [0.4, 0.5) is 5.95 Å². The molecule has 0 radical (unpaired) electrons. The minimum atomic E-state index is -1.20. The van der Waals surface area contributed by atoms with Crippen molar-refractivity contribution in [1.82, 2.24) is 14.5 Å². The molecule has 9 nitrogen and oxygen atoms in total. The van der Waals surface area contributed by atoms with Crippen molar-refractivity contribution in [2.75, 3.05) is 12.3 Å². The van der Waals surface area contributed by atoms with Gasteiger partial charge >= 0.3 is 0 Å². The molecular formula is C15H16N4O5. The van der Waals surface area contributed by atoms with E-state index in [2.05, 4.69) is 9.97 Å². The molecular weight excluding hydrogens is 316 g/mol. The number of aromatic nitrogens is 3. The third-order valence-electron chi connectivity index (χ3n) is 4.18. The molecule has 24 heavy (non-hydrogen) atoms. The zero-order valence-electron chi connectivity index (χ0n) is 12.5. The number of rotatable bonds is 3. The Bertz CT molecular complexity index is 862. The maximum atomic E-state index is 10.2. The quantitative estimate of drug-likeness (QED) is 0.520. The molecule has 0 amide bonds. The van der Waals surface area contributed by atoms with E-state index in [1.165, 1.54) is 6.26 Å². The van der Waals surface area contributed by atoms with Gasteiger partial charge in [-0.1, -0.05) is 0 Å². The largest absolute Gasteiger partial charge is 0.472 e. The van der Waals surface area contributed by atoms with Crippen LogP contribution in [0.15, 0.2) is 35.3 Å². The van der Waals surface area contributed by atoms with E-state index in [1.807, 2.05) is 0 Å². The van der Waals surface area contributed by atoms with Gasteiger partial charge in [-0.05, 0) is 12.1 Å². The Kier molecular flexibility index (Phi) is 3.50. The number of ether oxygens (including phenoxy) is 1. The van der Waals surface area contributed by atoms with Crippen molar-refractivity contribution in [2.24, 2.45) is 0 Å². The number of furan rings is 1. The molecule has 2 unspecified atom stereocenters. The van der Waals surface area contributed by atoms with Crippen LogP contribution < -0.4 is 5.73 Å². The molecule has 3 aromatic rings. The fourth-order valence-corrected chi connectivity index (χ4v) is 2.98. The maximum absolute atomic E-state index is 10.2. The molecule has 0 aliphatic carbocycles. The lowest BCUT2D eigenvalue weighted by Crippen LogP contribution is -2.33. The molecule has 3 aromatic heterocycles. The summed E-state index contributed by atoms with van der Waals surface area (Å²) in [7, 11) is 0. The van der Waals surface area contributed by atoms with Crippen LogP contribution in [0.25, 0.3) is 22.3 Å². The first-order valence-electron chi connectivity index (χ1n) is 7.39. The van der Waals surface area contributed by atoms with Gasteiger partial charge in [0.15, 0.2) is 6.23 Å². The Morgan fingerprint density at radius 3 is 2.71 bits per heavy atom. The zero-order chi connectivity index (χ0) is 16.8. The molecule has 9 heteroatoms. The van der Waals surface area contributed by atoms with Crippen LogP contribution >= 0.6 is 0 Å². The summed E-state index contributed by atoms with van der Waals surface area (Å²) < 4.78 is 12.2. The Labute approximate surface area is 135 Å². The SMILES string of the molecule is Nc1nc(-c2ccoc2)c2ccn([C@@H]3O[C@H](CO)C(O)C3O)c2n1. The predicted octanol–water partition coefficient (Wildman–Crippen LogP) is -0.115. The first-order valence-corrected chi connectivity index (χ1v) is 7.39.